The van der Waals surface area contributed by atoms with E-state index in [2.05, 4.69) is 25.6 Å². The Bertz CT molecular complexity index is 1250. The van der Waals surface area contributed by atoms with Gasteiger partial charge in [0.15, 0.2) is 0 Å². The Balaban J connectivity index is 1.41. The Morgan fingerprint density at radius 2 is 1.86 bits per heavy atom. The van der Waals surface area contributed by atoms with Gasteiger partial charge in [0, 0.05) is 19.7 Å². The summed E-state index contributed by atoms with van der Waals surface area (Å²) in [5.41, 5.74) is 3.76. The number of hydrogen-bond acceptors (Lipinski definition) is 5. The van der Waals surface area contributed by atoms with Gasteiger partial charge in [-0.3, -0.25) is 0 Å². The Morgan fingerprint density at radius 3 is 2.61 bits per heavy atom. The van der Waals surface area contributed by atoms with Gasteiger partial charge in [-0.15, -0.1) is 5.10 Å². The normalized spacial score (nSPS) is 11.5. The zero-order chi connectivity index (χ0) is 19.3. The Labute approximate surface area is 164 Å². The van der Waals surface area contributed by atoms with Crippen LogP contribution in [0.4, 0.5) is 9.52 Å². The third kappa shape index (κ3) is 2.82. The van der Waals surface area contributed by atoms with Gasteiger partial charge in [0.05, 0.1) is 29.5 Å². The second-order valence-electron chi connectivity index (χ2n) is 6.68. The van der Waals surface area contributed by atoms with E-state index >= 15 is 0 Å². The van der Waals surface area contributed by atoms with Crippen molar-refractivity contribution in [2.45, 2.75) is 6.54 Å². The zero-order valence-corrected chi connectivity index (χ0v) is 16.2. The molecule has 0 aliphatic carbocycles. The van der Waals surface area contributed by atoms with Crippen molar-refractivity contribution in [2.24, 2.45) is 7.05 Å². The molecule has 140 valence electrons. The largest absolute Gasteiger partial charge is 0.342 e. The minimum atomic E-state index is -0.256. The highest BCUT2D eigenvalue weighted by Crippen LogP contribution is 2.27. The number of benzene rings is 2. The number of anilines is 1. The monoisotopic (exact) mass is 392 g/mol. The maximum atomic E-state index is 13.1. The molecule has 0 amide bonds. The van der Waals surface area contributed by atoms with Crippen LogP contribution < -0.4 is 4.90 Å². The molecule has 0 aliphatic rings. The number of aryl methyl sites for hydroxylation is 1. The maximum absolute atomic E-state index is 13.1. The fraction of sp³-hybridized carbons (Fsp3) is 0.150. The van der Waals surface area contributed by atoms with Gasteiger partial charge >= 0.3 is 0 Å². The van der Waals surface area contributed by atoms with Crippen LogP contribution in [0.25, 0.3) is 27.3 Å². The molecule has 3 heterocycles. The third-order valence-electron chi connectivity index (χ3n) is 4.76. The van der Waals surface area contributed by atoms with Crippen molar-refractivity contribution in [1.82, 2.24) is 24.1 Å². The van der Waals surface area contributed by atoms with Crippen LogP contribution in [-0.2, 0) is 13.6 Å². The molecule has 0 aliphatic heterocycles. The van der Waals surface area contributed by atoms with Gasteiger partial charge in [0.1, 0.15) is 11.6 Å². The second kappa shape index (κ2) is 6.42. The maximum Gasteiger partial charge on any atom is 0.214 e. The lowest BCUT2D eigenvalue weighted by atomic mass is 10.2. The SMILES string of the molecule is CN(Cc1nc2ccccc2n1C)c1nn2cc(-c3ccc(F)cc3)nc2s1. The van der Waals surface area contributed by atoms with Gasteiger partial charge in [0.25, 0.3) is 0 Å². The van der Waals surface area contributed by atoms with Crippen LogP contribution in [0.2, 0.25) is 0 Å². The first-order valence-electron chi connectivity index (χ1n) is 8.82. The first-order chi connectivity index (χ1) is 13.6. The highest BCUT2D eigenvalue weighted by atomic mass is 32.1. The van der Waals surface area contributed by atoms with Crippen molar-refractivity contribution >= 4 is 32.5 Å². The predicted octanol–water partition coefficient (Wildman–Crippen LogP) is 4.12. The molecule has 0 radical (unpaired) electrons. The van der Waals surface area contributed by atoms with E-state index in [-0.39, 0.29) is 5.82 Å². The topological polar surface area (TPSA) is 51.2 Å². The quantitative estimate of drug-likeness (QED) is 0.462. The van der Waals surface area contributed by atoms with E-state index in [0.717, 1.165) is 38.2 Å². The summed E-state index contributed by atoms with van der Waals surface area (Å²) in [4.78, 5) is 12.2. The Kier molecular flexibility index (Phi) is 3.87. The molecule has 2 aromatic carbocycles. The van der Waals surface area contributed by atoms with E-state index in [1.165, 1.54) is 23.5 Å². The molecular weight excluding hydrogens is 375 g/mol. The smallest absolute Gasteiger partial charge is 0.214 e. The van der Waals surface area contributed by atoms with Gasteiger partial charge in [-0.2, -0.15) is 0 Å². The van der Waals surface area contributed by atoms with Crippen LogP contribution in [-0.4, -0.2) is 31.2 Å². The fourth-order valence-corrected chi connectivity index (χ4v) is 4.06. The molecule has 0 unspecified atom stereocenters. The van der Waals surface area contributed by atoms with Gasteiger partial charge < -0.3 is 9.47 Å². The summed E-state index contributed by atoms with van der Waals surface area (Å²) in [6.07, 6.45) is 1.87. The number of fused-ring (bicyclic) bond motifs is 2. The molecule has 0 fully saturated rings. The highest BCUT2D eigenvalue weighted by molar-refractivity contribution is 7.20. The minimum absolute atomic E-state index is 0.256. The lowest BCUT2D eigenvalue weighted by Crippen LogP contribution is -2.19. The summed E-state index contributed by atoms with van der Waals surface area (Å²) in [6, 6.07) is 14.4. The standard InChI is InChI=1S/C20H17FN6S/c1-25(12-18-22-15-5-3-4-6-17(15)26(18)2)20-24-27-11-16(23-19(27)28-20)13-7-9-14(21)10-8-13/h3-11H,12H2,1-2H3. The lowest BCUT2D eigenvalue weighted by molar-refractivity contribution is 0.628. The molecule has 0 N–H and O–H groups in total. The average Bonchev–Trinajstić information content (AvgIpc) is 3.35. The van der Waals surface area contributed by atoms with Crippen molar-refractivity contribution < 1.29 is 4.39 Å². The van der Waals surface area contributed by atoms with E-state index < -0.39 is 0 Å². The van der Waals surface area contributed by atoms with E-state index in [1.807, 2.05) is 38.5 Å². The number of para-hydroxylation sites is 2. The molecule has 8 heteroatoms. The highest BCUT2D eigenvalue weighted by Gasteiger charge is 2.15. The summed E-state index contributed by atoms with van der Waals surface area (Å²) in [7, 11) is 4.03. The molecule has 0 saturated heterocycles. The Morgan fingerprint density at radius 1 is 1.07 bits per heavy atom. The second-order valence-corrected chi connectivity index (χ2v) is 7.61. The van der Waals surface area contributed by atoms with Crippen LogP contribution in [0, 0.1) is 5.82 Å². The van der Waals surface area contributed by atoms with Crippen LogP contribution in [0.3, 0.4) is 0 Å². The number of nitrogens with zero attached hydrogens (tertiary/aromatic N) is 6. The van der Waals surface area contributed by atoms with E-state index in [4.69, 9.17) is 4.98 Å². The van der Waals surface area contributed by atoms with Crippen LogP contribution in [0.5, 0.6) is 0 Å². The van der Waals surface area contributed by atoms with Crippen LogP contribution in [0.15, 0.2) is 54.7 Å². The average molecular weight is 392 g/mol. The van der Waals surface area contributed by atoms with Gasteiger partial charge in [-0.25, -0.2) is 18.9 Å². The van der Waals surface area contributed by atoms with Crippen molar-refractivity contribution in [3.05, 3.63) is 66.4 Å². The summed E-state index contributed by atoms with van der Waals surface area (Å²) in [5, 5.41) is 5.50. The molecule has 5 aromatic rings. The van der Waals surface area contributed by atoms with Crippen LogP contribution in [0.1, 0.15) is 5.82 Å². The molecule has 3 aromatic heterocycles. The van der Waals surface area contributed by atoms with Crippen molar-refractivity contribution in [3.63, 3.8) is 0 Å². The minimum Gasteiger partial charge on any atom is -0.342 e. The van der Waals surface area contributed by atoms with Gasteiger partial charge in [-0.1, -0.05) is 23.5 Å². The summed E-state index contributed by atoms with van der Waals surface area (Å²) >= 11 is 1.51. The number of aromatic nitrogens is 5. The number of hydrogen-bond donors (Lipinski definition) is 0. The molecule has 0 bridgehead atoms. The van der Waals surface area contributed by atoms with Crippen LogP contribution >= 0.6 is 11.3 Å². The third-order valence-corrected chi connectivity index (χ3v) is 5.79. The molecule has 0 atom stereocenters. The van der Waals surface area contributed by atoms with E-state index in [0.29, 0.717) is 6.54 Å². The van der Waals surface area contributed by atoms with Gasteiger partial charge in [0.2, 0.25) is 10.1 Å². The van der Waals surface area contributed by atoms with E-state index in [1.54, 1.807) is 16.6 Å². The van der Waals surface area contributed by atoms with Gasteiger partial charge in [-0.05, 0) is 36.4 Å². The fourth-order valence-electron chi connectivity index (χ4n) is 3.22. The molecule has 0 spiro atoms. The summed E-state index contributed by atoms with van der Waals surface area (Å²) < 4.78 is 17.0. The predicted molar refractivity (Wildman–Crippen MR) is 109 cm³/mol. The van der Waals surface area contributed by atoms with Crippen molar-refractivity contribution in [1.29, 1.82) is 0 Å². The molecule has 0 saturated carbocycles. The summed E-state index contributed by atoms with van der Waals surface area (Å²) in [5.74, 6) is 0.720. The number of rotatable bonds is 4. The molecule has 6 nitrogen and oxygen atoms in total. The zero-order valence-electron chi connectivity index (χ0n) is 15.4. The molecular formula is C20H17FN6S. The first-order valence-corrected chi connectivity index (χ1v) is 9.64. The molecule has 28 heavy (non-hydrogen) atoms. The lowest BCUT2D eigenvalue weighted by Gasteiger charge is -2.14. The number of halogens is 1. The van der Waals surface area contributed by atoms with Crippen molar-refractivity contribution in [2.75, 3.05) is 11.9 Å². The molecule has 5 rings (SSSR count). The first kappa shape index (κ1) is 16.9. The number of imidazole rings is 2. The van der Waals surface area contributed by atoms with E-state index in [9.17, 15) is 4.39 Å². The summed E-state index contributed by atoms with van der Waals surface area (Å²) in [6.45, 7) is 0.646. The van der Waals surface area contributed by atoms with Crippen molar-refractivity contribution in [3.8, 4) is 11.3 Å². The Hall–Kier alpha value is -3.26.